The van der Waals surface area contributed by atoms with Crippen molar-refractivity contribution < 1.29 is 31.1 Å². The lowest BCUT2D eigenvalue weighted by Crippen LogP contribution is -2.42. The molecule has 166 valence electrons. The van der Waals surface area contributed by atoms with Gasteiger partial charge in [-0.15, -0.1) is 0 Å². The van der Waals surface area contributed by atoms with Crippen LogP contribution in [0.1, 0.15) is 25.8 Å². The number of hydrogen-bond acceptors (Lipinski definition) is 5. The van der Waals surface area contributed by atoms with Crippen LogP contribution in [0.2, 0.25) is 0 Å². The number of halogens is 3. The molecular weight excluding hydrogens is 411 g/mol. The fourth-order valence-corrected chi connectivity index (χ4v) is 3.06. The van der Waals surface area contributed by atoms with Gasteiger partial charge in [0, 0.05) is 18.8 Å². The zero-order valence-corrected chi connectivity index (χ0v) is 17.8. The lowest BCUT2D eigenvalue weighted by Gasteiger charge is -2.17. The van der Waals surface area contributed by atoms with Gasteiger partial charge in [-0.3, -0.25) is 0 Å². The molecule has 7 nitrogen and oxygen atoms in total. The third kappa shape index (κ3) is 10.8. The normalized spacial score (nSPS) is 13.7. The number of rotatable bonds is 10. The van der Waals surface area contributed by atoms with E-state index in [4.69, 9.17) is 9.47 Å². The number of aliphatic imine (C=N–C) groups is 1. The Morgan fingerprint density at radius 1 is 1.28 bits per heavy atom. The molecule has 1 aromatic rings. The maximum Gasteiger partial charge on any atom is 0.422 e. The van der Waals surface area contributed by atoms with E-state index in [1.165, 1.54) is 19.4 Å². The molecule has 0 saturated carbocycles. The van der Waals surface area contributed by atoms with Crippen LogP contribution < -0.4 is 20.1 Å². The van der Waals surface area contributed by atoms with E-state index in [1.54, 1.807) is 12.1 Å². The van der Waals surface area contributed by atoms with Crippen molar-refractivity contribution in [1.29, 1.82) is 0 Å². The molecule has 0 aliphatic heterocycles. The van der Waals surface area contributed by atoms with Gasteiger partial charge in [0.2, 0.25) is 0 Å². The van der Waals surface area contributed by atoms with Crippen LogP contribution in [0.4, 0.5) is 13.2 Å². The first kappa shape index (κ1) is 24.9. The fraction of sp³-hybridized carbons (Fsp3) is 0.611. The molecule has 0 amide bonds. The minimum absolute atomic E-state index is 0.00279. The molecule has 0 radical (unpaired) electrons. The summed E-state index contributed by atoms with van der Waals surface area (Å²) in [5.74, 6) is 0.750. The predicted octanol–water partition coefficient (Wildman–Crippen LogP) is 2.51. The molecule has 0 heterocycles. The summed E-state index contributed by atoms with van der Waals surface area (Å²) in [6, 6.07) is 4.46. The van der Waals surface area contributed by atoms with E-state index in [0.717, 1.165) is 0 Å². The Morgan fingerprint density at radius 2 is 1.97 bits per heavy atom. The Morgan fingerprint density at radius 3 is 2.52 bits per heavy atom. The van der Waals surface area contributed by atoms with Gasteiger partial charge >= 0.3 is 6.18 Å². The van der Waals surface area contributed by atoms with Crippen molar-refractivity contribution in [2.75, 3.05) is 32.3 Å². The summed E-state index contributed by atoms with van der Waals surface area (Å²) in [6.45, 7) is 3.20. The third-order valence-corrected chi connectivity index (χ3v) is 4.67. The lowest BCUT2D eigenvalue weighted by molar-refractivity contribution is -0.153. The second-order valence-electron chi connectivity index (χ2n) is 6.55. The van der Waals surface area contributed by atoms with Crippen LogP contribution in [0.3, 0.4) is 0 Å². The van der Waals surface area contributed by atoms with Gasteiger partial charge in [-0.05, 0) is 38.0 Å². The summed E-state index contributed by atoms with van der Waals surface area (Å²) >= 11 is 0. The average Bonchev–Trinajstić information content (AvgIpc) is 2.62. The molecule has 29 heavy (non-hydrogen) atoms. The number of methoxy groups -OCH3 is 1. The van der Waals surface area contributed by atoms with Gasteiger partial charge in [-0.1, -0.05) is 6.07 Å². The predicted molar refractivity (Wildman–Crippen MR) is 106 cm³/mol. The smallest absolute Gasteiger partial charge is 0.422 e. The Kier molecular flexibility index (Phi) is 9.54. The van der Waals surface area contributed by atoms with Gasteiger partial charge in [-0.2, -0.15) is 13.2 Å². The van der Waals surface area contributed by atoms with E-state index in [2.05, 4.69) is 15.6 Å². The average molecular weight is 440 g/mol. The number of hydrogen-bond donors (Lipinski definition) is 2. The fourth-order valence-electron chi connectivity index (χ4n) is 2.28. The molecule has 0 fully saturated rings. The van der Waals surface area contributed by atoms with Gasteiger partial charge in [0.1, 0.15) is 9.84 Å². The molecule has 0 aromatic heterocycles. The number of sulfone groups is 1. The van der Waals surface area contributed by atoms with Crippen LogP contribution in [0, 0.1) is 0 Å². The maximum atomic E-state index is 12.3. The first-order valence-corrected chi connectivity index (χ1v) is 11.1. The highest BCUT2D eigenvalue weighted by Gasteiger charge is 2.29. The highest BCUT2D eigenvalue weighted by molar-refractivity contribution is 7.90. The Bertz CT molecular complexity index is 783. The Balaban J connectivity index is 2.80. The Labute approximate surface area is 169 Å². The maximum absolute atomic E-state index is 12.3. The van der Waals surface area contributed by atoms with Crippen molar-refractivity contribution in [2.24, 2.45) is 4.99 Å². The minimum Gasteiger partial charge on any atom is -0.493 e. The number of nitrogens with one attached hydrogen (secondary N) is 2. The van der Waals surface area contributed by atoms with Crippen LogP contribution in [-0.4, -0.2) is 58.9 Å². The molecular formula is C18H28F3N3O4S. The largest absolute Gasteiger partial charge is 0.493 e. The Hall–Kier alpha value is -2.17. The number of alkyl halides is 3. The number of ether oxygens (including phenoxy) is 2. The summed E-state index contributed by atoms with van der Waals surface area (Å²) < 4.78 is 69.4. The summed E-state index contributed by atoms with van der Waals surface area (Å²) in [7, 11) is -1.70. The van der Waals surface area contributed by atoms with Crippen molar-refractivity contribution in [2.45, 2.75) is 39.0 Å². The SMILES string of the molecule is CCNC(=NCc1ccc(OCC(F)(F)F)c(OC)c1)NC(C)CCS(C)(=O)=O. The molecule has 0 spiro atoms. The monoisotopic (exact) mass is 439 g/mol. The summed E-state index contributed by atoms with van der Waals surface area (Å²) in [5.41, 5.74) is 0.710. The molecule has 0 bridgehead atoms. The van der Waals surface area contributed by atoms with E-state index in [1.807, 2.05) is 13.8 Å². The zero-order valence-electron chi connectivity index (χ0n) is 17.0. The number of nitrogens with zero attached hydrogens (tertiary/aromatic N) is 1. The van der Waals surface area contributed by atoms with Gasteiger partial charge in [0.15, 0.2) is 24.1 Å². The van der Waals surface area contributed by atoms with Crippen LogP contribution in [0.25, 0.3) is 0 Å². The van der Waals surface area contributed by atoms with Crippen molar-refractivity contribution in [1.82, 2.24) is 10.6 Å². The van der Waals surface area contributed by atoms with Gasteiger partial charge < -0.3 is 20.1 Å². The minimum atomic E-state index is -4.44. The summed E-state index contributed by atoms with van der Waals surface area (Å²) in [5, 5.41) is 6.20. The molecule has 11 heteroatoms. The standard InChI is InChI=1S/C18H28F3N3O4S/c1-5-22-17(24-13(2)8-9-29(4,25)26)23-11-14-6-7-15(16(10-14)27-3)28-12-18(19,20)21/h6-7,10,13H,5,8-9,11-12H2,1-4H3,(H2,22,23,24). The molecule has 1 rings (SSSR count). The first-order chi connectivity index (χ1) is 13.4. The van der Waals surface area contributed by atoms with Crippen molar-refractivity contribution in [3.63, 3.8) is 0 Å². The number of guanidine groups is 1. The van der Waals surface area contributed by atoms with Gasteiger partial charge in [0.05, 0.1) is 19.4 Å². The highest BCUT2D eigenvalue weighted by atomic mass is 32.2. The van der Waals surface area contributed by atoms with E-state index >= 15 is 0 Å². The summed E-state index contributed by atoms with van der Waals surface area (Å²) in [6.07, 6.45) is -2.81. The second kappa shape index (κ2) is 11.1. The molecule has 0 saturated heterocycles. The van der Waals surface area contributed by atoms with Crippen LogP contribution in [-0.2, 0) is 16.4 Å². The van der Waals surface area contributed by atoms with Crippen LogP contribution >= 0.6 is 0 Å². The van der Waals surface area contributed by atoms with Crippen molar-refractivity contribution in [3.05, 3.63) is 23.8 Å². The molecule has 1 unspecified atom stereocenters. The van der Waals surface area contributed by atoms with E-state index in [-0.39, 0.29) is 29.8 Å². The van der Waals surface area contributed by atoms with E-state index in [0.29, 0.717) is 24.5 Å². The van der Waals surface area contributed by atoms with Crippen molar-refractivity contribution >= 4 is 15.8 Å². The van der Waals surface area contributed by atoms with E-state index in [9.17, 15) is 21.6 Å². The van der Waals surface area contributed by atoms with Crippen LogP contribution in [0.15, 0.2) is 23.2 Å². The van der Waals surface area contributed by atoms with Crippen LogP contribution in [0.5, 0.6) is 11.5 Å². The van der Waals surface area contributed by atoms with Gasteiger partial charge in [-0.25, -0.2) is 13.4 Å². The molecule has 2 N–H and O–H groups in total. The number of benzene rings is 1. The molecule has 0 aliphatic rings. The highest BCUT2D eigenvalue weighted by Crippen LogP contribution is 2.30. The first-order valence-electron chi connectivity index (χ1n) is 9.02. The third-order valence-electron chi connectivity index (χ3n) is 3.69. The lowest BCUT2D eigenvalue weighted by atomic mass is 10.2. The molecule has 1 aromatic carbocycles. The molecule has 1 atom stereocenters. The summed E-state index contributed by atoms with van der Waals surface area (Å²) in [4.78, 5) is 4.43. The second-order valence-corrected chi connectivity index (χ2v) is 8.81. The molecule has 0 aliphatic carbocycles. The van der Waals surface area contributed by atoms with Gasteiger partial charge in [0.25, 0.3) is 0 Å². The topological polar surface area (TPSA) is 89.0 Å². The quantitative estimate of drug-likeness (QED) is 0.430. The van der Waals surface area contributed by atoms with E-state index < -0.39 is 22.6 Å². The zero-order chi connectivity index (χ0) is 22.1. The van der Waals surface area contributed by atoms with Crippen molar-refractivity contribution in [3.8, 4) is 11.5 Å².